The summed E-state index contributed by atoms with van der Waals surface area (Å²) < 4.78 is 59.3. The van der Waals surface area contributed by atoms with E-state index in [4.69, 9.17) is 4.52 Å². The largest absolute Gasteiger partial charge is 0.598 e. The molecular weight excluding hydrogens is 501 g/mol. The number of hydrogen-bond acceptors (Lipinski definition) is 7. The van der Waals surface area contributed by atoms with Gasteiger partial charge in [0.05, 0.1) is 6.04 Å². The van der Waals surface area contributed by atoms with E-state index in [1.54, 1.807) is 12.1 Å². The first-order valence-corrected chi connectivity index (χ1v) is 14.4. The average Bonchev–Trinajstić information content (AvgIpc) is 3.21. The molecule has 7 nitrogen and oxygen atoms in total. The van der Waals surface area contributed by atoms with E-state index in [9.17, 15) is 17.4 Å². The number of aryl methyl sites for hydroxylation is 1. The summed E-state index contributed by atoms with van der Waals surface area (Å²) in [6.45, 7) is 7.46. The van der Waals surface area contributed by atoms with Crippen LogP contribution in [0.3, 0.4) is 0 Å². The molecule has 0 amide bonds. The number of nitrogens with one attached hydrogen (secondary N) is 1. The molecule has 190 valence electrons. The van der Waals surface area contributed by atoms with Gasteiger partial charge in [-0.25, -0.2) is 17.8 Å². The van der Waals surface area contributed by atoms with Gasteiger partial charge >= 0.3 is 0 Å². The molecule has 2 atom stereocenters. The van der Waals surface area contributed by atoms with Gasteiger partial charge in [0.2, 0.25) is 0 Å². The average molecular weight is 530 g/mol. The molecule has 0 fully saturated rings. The van der Waals surface area contributed by atoms with Gasteiger partial charge in [0, 0.05) is 46.7 Å². The van der Waals surface area contributed by atoms with E-state index >= 15 is 0 Å². The lowest BCUT2D eigenvalue weighted by Gasteiger charge is -2.29. The summed E-state index contributed by atoms with van der Waals surface area (Å²) >= 11 is -1.45. The van der Waals surface area contributed by atoms with Crippen molar-refractivity contribution in [3.63, 3.8) is 0 Å². The Morgan fingerprint density at radius 2 is 1.86 bits per heavy atom. The molecule has 0 saturated heterocycles. The van der Waals surface area contributed by atoms with Crippen molar-refractivity contribution in [1.82, 2.24) is 14.9 Å². The summed E-state index contributed by atoms with van der Waals surface area (Å²) in [5, 5.41) is 4.84. The number of pyridine rings is 1. The van der Waals surface area contributed by atoms with E-state index in [2.05, 4.69) is 14.9 Å². The molecule has 10 heteroatoms. The molecule has 0 bridgehead atoms. The van der Waals surface area contributed by atoms with Crippen molar-refractivity contribution < 1.29 is 21.9 Å². The molecule has 0 spiro atoms. The second-order valence-corrected chi connectivity index (χ2v) is 13.7. The van der Waals surface area contributed by atoms with Crippen molar-refractivity contribution in [2.24, 2.45) is 0 Å². The SMILES string of the molecule is Cc1ccc(S(C)(=O)=O)nc1CC(N[S@@+]([O-])C(C)(C)C)c1ccccc1-c1noc2cc(F)ccc12. The standard InChI is InChI=1S/C26H28FN3O4S2/c1-16-10-13-24(36(5,32)33)28-21(16)15-22(30-35(31)26(2,3)4)18-8-6-7-9-19(18)25-20-12-11-17(27)14-23(20)34-29-25/h6-14,22,30H,15H2,1-5H3/t22?,35-/m0/s1. The van der Waals surface area contributed by atoms with Crippen molar-refractivity contribution in [3.8, 4) is 11.3 Å². The van der Waals surface area contributed by atoms with Gasteiger partial charge in [-0.3, -0.25) is 0 Å². The van der Waals surface area contributed by atoms with Gasteiger partial charge < -0.3 is 9.08 Å². The zero-order chi connectivity index (χ0) is 26.3. The van der Waals surface area contributed by atoms with Crippen LogP contribution in [-0.2, 0) is 27.6 Å². The molecule has 0 radical (unpaired) electrons. The summed E-state index contributed by atoms with van der Waals surface area (Å²) in [6, 6.07) is 14.4. The van der Waals surface area contributed by atoms with Crippen LogP contribution in [0.2, 0.25) is 0 Å². The van der Waals surface area contributed by atoms with Gasteiger partial charge in [-0.1, -0.05) is 35.5 Å². The zero-order valence-corrected chi connectivity index (χ0v) is 22.3. The minimum atomic E-state index is -3.50. The van der Waals surface area contributed by atoms with Gasteiger partial charge in [0.1, 0.15) is 16.3 Å². The topological polar surface area (TPSA) is 108 Å². The van der Waals surface area contributed by atoms with E-state index in [0.717, 1.165) is 22.9 Å². The van der Waals surface area contributed by atoms with Crippen LogP contribution in [0.1, 0.15) is 43.6 Å². The van der Waals surface area contributed by atoms with Crippen molar-refractivity contribution in [3.05, 3.63) is 77.2 Å². The van der Waals surface area contributed by atoms with Crippen LogP contribution in [0, 0.1) is 12.7 Å². The van der Waals surface area contributed by atoms with Crippen LogP contribution in [0.5, 0.6) is 0 Å². The second-order valence-electron chi connectivity index (χ2n) is 9.70. The van der Waals surface area contributed by atoms with Gasteiger partial charge in [-0.05, 0) is 57.0 Å². The maximum absolute atomic E-state index is 13.7. The Balaban J connectivity index is 1.84. The van der Waals surface area contributed by atoms with E-state index in [0.29, 0.717) is 22.4 Å². The molecule has 0 saturated carbocycles. The molecular formula is C26H28FN3O4S2. The lowest BCUT2D eigenvalue weighted by Crippen LogP contribution is -2.42. The van der Waals surface area contributed by atoms with Crippen LogP contribution >= 0.6 is 0 Å². The van der Waals surface area contributed by atoms with Gasteiger partial charge in [0.25, 0.3) is 0 Å². The van der Waals surface area contributed by atoms with Crippen LogP contribution in [0.15, 0.2) is 64.1 Å². The smallest absolute Gasteiger partial charge is 0.192 e. The number of hydrogen-bond donors (Lipinski definition) is 1. The Labute approximate surface area is 213 Å². The molecule has 4 aromatic rings. The van der Waals surface area contributed by atoms with Crippen molar-refractivity contribution in [2.75, 3.05) is 6.26 Å². The Morgan fingerprint density at radius 1 is 1.14 bits per heavy atom. The highest BCUT2D eigenvalue weighted by atomic mass is 32.2. The third kappa shape index (κ3) is 5.62. The number of fused-ring (bicyclic) bond motifs is 1. The molecule has 0 aliphatic heterocycles. The van der Waals surface area contributed by atoms with Gasteiger partial charge in [0.15, 0.2) is 20.4 Å². The summed E-state index contributed by atoms with van der Waals surface area (Å²) in [4.78, 5) is 4.43. The Morgan fingerprint density at radius 3 is 2.56 bits per heavy atom. The first-order valence-electron chi connectivity index (χ1n) is 11.3. The molecule has 0 aliphatic carbocycles. The molecule has 1 N–H and O–H groups in total. The minimum Gasteiger partial charge on any atom is -0.598 e. The fourth-order valence-electron chi connectivity index (χ4n) is 3.80. The Hall–Kier alpha value is -2.79. The quantitative estimate of drug-likeness (QED) is 0.333. The molecule has 36 heavy (non-hydrogen) atoms. The van der Waals surface area contributed by atoms with E-state index in [1.807, 2.05) is 52.0 Å². The maximum atomic E-state index is 13.7. The normalized spacial score (nSPS) is 14.2. The predicted molar refractivity (Wildman–Crippen MR) is 139 cm³/mol. The summed E-state index contributed by atoms with van der Waals surface area (Å²) in [5.41, 5.74) is 3.74. The lowest BCUT2D eigenvalue weighted by atomic mass is 9.93. The van der Waals surface area contributed by atoms with E-state index < -0.39 is 37.8 Å². The maximum Gasteiger partial charge on any atom is 0.192 e. The number of rotatable bonds is 7. The molecule has 4 rings (SSSR count). The third-order valence-electron chi connectivity index (χ3n) is 5.78. The molecule has 2 aromatic heterocycles. The highest BCUT2D eigenvalue weighted by molar-refractivity contribution is 7.91. The van der Waals surface area contributed by atoms with Crippen LogP contribution in [-0.4, -0.2) is 34.1 Å². The van der Waals surface area contributed by atoms with Crippen molar-refractivity contribution in [1.29, 1.82) is 0 Å². The van der Waals surface area contributed by atoms with Crippen LogP contribution in [0.25, 0.3) is 22.2 Å². The zero-order valence-electron chi connectivity index (χ0n) is 20.7. The van der Waals surface area contributed by atoms with E-state index in [1.165, 1.54) is 18.2 Å². The number of aromatic nitrogens is 2. The molecule has 0 aliphatic rings. The monoisotopic (exact) mass is 529 g/mol. The van der Waals surface area contributed by atoms with Gasteiger partial charge in [-0.2, -0.15) is 0 Å². The molecule has 2 heterocycles. The third-order valence-corrected chi connectivity index (χ3v) is 8.38. The summed E-state index contributed by atoms with van der Waals surface area (Å²) in [5.74, 6) is -0.425. The Kier molecular flexibility index (Phi) is 7.25. The highest BCUT2D eigenvalue weighted by Gasteiger charge is 2.32. The van der Waals surface area contributed by atoms with E-state index in [-0.39, 0.29) is 11.4 Å². The molecule has 1 unspecified atom stereocenters. The minimum absolute atomic E-state index is 0.0170. The fraction of sp³-hybridized carbons (Fsp3) is 0.308. The fourth-order valence-corrected chi connectivity index (χ4v) is 5.21. The first kappa shape index (κ1) is 26.3. The summed E-state index contributed by atoms with van der Waals surface area (Å²) in [6.07, 6.45) is 1.39. The number of benzene rings is 2. The van der Waals surface area contributed by atoms with Crippen molar-refractivity contribution >= 4 is 32.2 Å². The predicted octanol–water partition coefficient (Wildman–Crippen LogP) is 5.08. The van der Waals surface area contributed by atoms with Crippen LogP contribution < -0.4 is 4.72 Å². The molecule has 2 aromatic carbocycles. The number of sulfone groups is 1. The first-order chi connectivity index (χ1) is 16.8. The number of nitrogens with zero attached hydrogens (tertiary/aromatic N) is 2. The second kappa shape index (κ2) is 9.93. The highest BCUT2D eigenvalue weighted by Crippen LogP contribution is 2.35. The summed E-state index contributed by atoms with van der Waals surface area (Å²) in [7, 11) is -3.50. The Bertz CT molecular complexity index is 1510. The number of halogens is 1. The lowest BCUT2D eigenvalue weighted by molar-refractivity contribution is 0.457. The van der Waals surface area contributed by atoms with Gasteiger partial charge in [-0.15, -0.1) is 4.72 Å². The van der Waals surface area contributed by atoms with Crippen molar-refractivity contribution in [2.45, 2.75) is 49.9 Å². The van der Waals surface area contributed by atoms with Crippen LogP contribution in [0.4, 0.5) is 4.39 Å².